The number of hydrogen-bond acceptors (Lipinski definition) is 5. The summed E-state index contributed by atoms with van der Waals surface area (Å²) < 4.78 is 0. The molecule has 19 heavy (non-hydrogen) atoms. The standard InChI is InChI=1S/C13H11NO5/c15-8-9-1-3-10(4-2-9)13(18)19-14-7-11(16)5-6-12(14)17/h1-4,8H,5-7H2. The summed E-state index contributed by atoms with van der Waals surface area (Å²) in [5.74, 6) is -1.28. The molecule has 1 aliphatic heterocycles. The van der Waals surface area contributed by atoms with Crippen molar-refractivity contribution in [3.05, 3.63) is 35.4 Å². The van der Waals surface area contributed by atoms with Crippen molar-refractivity contribution in [2.24, 2.45) is 0 Å². The zero-order valence-electron chi connectivity index (χ0n) is 10.00. The van der Waals surface area contributed by atoms with Crippen LogP contribution in [-0.2, 0) is 14.4 Å². The molecule has 0 radical (unpaired) electrons. The molecule has 0 aliphatic carbocycles. The number of amides is 1. The van der Waals surface area contributed by atoms with Crippen LogP contribution in [0.15, 0.2) is 24.3 Å². The lowest BCUT2D eigenvalue weighted by Gasteiger charge is -2.23. The third kappa shape index (κ3) is 3.04. The van der Waals surface area contributed by atoms with Gasteiger partial charge in [-0.1, -0.05) is 12.1 Å². The number of piperidine rings is 1. The molecule has 0 unspecified atom stereocenters. The van der Waals surface area contributed by atoms with Gasteiger partial charge in [0.2, 0.25) is 0 Å². The number of rotatable bonds is 3. The normalized spacial score (nSPS) is 15.3. The van der Waals surface area contributed by atoms with Crippen LogP contribution in [0.4, 0.5) is 0 Å². The smallest absolute Gasteiger partial charge is 0.332 e. The first kappa shape index (κ1) is 12.9. The van der Waals surface area contributed by atoms with E-state index in [9.17, 15) is 19.2 Å². The van der Waals surface area contributed by atoms with E-state index in [-0.39, 0.29) is 30.7 Å². The molecule has 0 saturated carbocycles. The van der Waals surface area contributed by atoms with Crippen molar-refractivity contribution in [1.82, 2.24) is 5.06 Å². The molecule has 0 atom stereocenters. The first-order valence-electron chi connectivity index (χ1n) is 5.70. The molecular weight excluding hydrogens is 250 g/mol. The molecule has 6 nitrogen and oxygen atoms in total. The minimum absolute atomic E-state index is 0.0518. The van der Waals surface area contributed by atoms with Crippen LogP contribution in [0.1, 0.15) is 33.6 Å². The lowest BCUT2D eigenvalue weighted by Crippen LogP contribution is -2.41. The molecule has 2 rings (SSSR count). The fourth-order valence-electron chi connectivity index (χ4n) is 1.63. The van der Waals surface area contributed by atoms with E-state index in [4.69, 9.17) is 4.84 Å². The monoisotopic (exact) mass is 261 g/mol. The van der Waals surface area contributed by atoms with Gasteiger partial charge in [0.25, 0.3) is 5.91 Å². The molecule has 6 heteroatoms. The van der Waals surface area contributed by atoms with Crippen LogP contribution in [0.5, 0.6) is 0 Å². The van der Waals surface area contributed by atoms with Gasteiger partial charge in [-0.3, -0.25) is 14.4 Å². The number of ketones is 1. The maximum atomic E-state index is 11.7. The average molecular weight is 261 g/mol. The zero-order valence-corrected chi connectivity index (χ0v) is 10.00. The first-order valence-corrected chi connectivity index (χ1v) is 5.70. The third-order valence-corrected chi connectivity index (χ3v) is 2.69. The van der Waals surface area contributed by atoms with E-state index in [1.165, 1.54) is 24.3 Å². The minimum Gasteiger partial charge on any atom is -0.332 e. The highest BCUT2D eigenvalue weighted by atomic mass is 16.7. The molecule has 1 aromatic carbocycles. The summed E-state index contributed by atoms with van der Waals surface area (Å²) in [6, 6.07) is 5.77. The van der Waals surface area contributed by atoms with Crippen molar-refractivity contribution >= 4 is 23.9 Å². The predicted molar refractivity (Wildman–Crippen MR) is 63.2 cm³/mol. The molecule has 1 aliphatic rings. The molecule has 0 bridgehead atoms. The van der Waals surface area contributed by atoms with E-state index in [2.05, 4.69) is 0 Å². The van der Waals surface area contributed by atoms with Crippen LogP contribution in [0.3, 0.4) is 0 Å². The Morgan fingerprint density at radius 3 is 2.47 bits per heavy atom. The fourth-order valence-corrected chi connectivity index (χ4v) is 1.63. The van der Waals surface area contributed by atoms with Gasteiger partial charge in [-0.15, -0.1) is 0 Å². The van der Waals surface area contributed by atoms with Gasteiger partial charge in [0, 0.05) is 18.4 Å². The molecule has 98 valence electrons. The van der Waals surface area contributed by atoms with Crippen LogP contribution in [-0.4, -0.2) is 35.6 Å². The molecule has 1 heterocycles. The summed E-state index contributed by atoms with van der Waals surface area (Å²) >= 11 is 0. The summed E-state index contributed by atoms with van der Waals surface area (Å²) in [4.78, 5) is 49.7. The van der Waals surface area contributed by atoms with E-state index in [0.29, 0.717) is 11.8 Å². The first-order chi connectivity index (χ1) is 9.10. The summed E-state index contributed by atoms with van der Waals surface area (Å²) in [6.07, 6.45) is 0.888. The zero-order chi connectivity index (χ0) is 13.8. The maximum Gasteiger partial charge on any atom is 0.363 e. The Bertz CT molecular complexity index is 534. The van der Waals surface area contributed by atoms with Crippen LogP contribution < -0.4 is 0 Å². The molecule has 1 amide bonds. The van der Waals surface area contributed by atoms with E-state index < -0.39 is 11.9 Å². The summed E-state index contributed by atoms with van der Waals surface area (Å²) in [5.41, 5.74) is 0.636. The SMILES string of the molecule is O=Cc1ccc(C(=O)ON2CC(=O)CCC2=O)cc1. The molecule has 1 fully saturated rings. The predicted octanol–water partition coefficient (Wildman–Crippen LogP) is 0.762. The fraction of sp³-hybridized carbons (Fsp3) is 0.231. The van der Waals surface area contributed by atoms with Crippen molar-refractivity contribution in [1.29, 1.82) is 0 Å². The van der Waals surface area contributed by atoms with Gasteiger partial charge in [0.15, 0.2) is 5.78 Å². The van der Waals surface area contributed by atoms with Crippen molar-refractivity contribution in [2.45, 2.75) is 12.8 Å². The summed E-state index contributed by atoms with van der Waals surface area (Å²) in [7, 11) is 0. The van der Waals surface area contributed by atoms with Crippen molar-refractivity contribution in [3.8, 4) is 0 Å². The van der Waals surface area contributed by atoms with Crippen LogP contribution >= 0.6 is 0 Å². The largest absolute Gasteiger partial charge is 0.363 e. The van der Waals surface area contributed by atoms with Crippen LogP contribution in [0.25, 0.3) is 0 Å². The lowest BCUT2D eigenvalue weighted by atomic mass is 10.1. The molecule has 0 spiro atoms. The van der Waals surface area contributed by atoms with Crippen LogP contribution in [0.2, 0.25) is 0 Å². The summed E-state index contributed by atoms with van der Waals surface area (Å²) in [6.45, 7) is -0.211. The Morgan fingerprint density at radius 1 is 1.16 bits per heavy atom. The Hall–Kier alpha value is -2.50. The molecule has 1 saturated heterocycles. The number of Topliss-reactive ketones (excluding diaryl/α,β-unsaturated/α-hetero) is 1. The highest BCUT2D eigenvalue weighted by Gasteiger charge is 2.27. The van der Waals surface area contributed by atoms with Gasteiger partial charge in [-0.05, 0) is 12.1 Å². The lowest BCUT2D eigenvalue weighted by molar-refractivity contribution is -0.174. The molecular formula is C13H11NO5. The highest BCUT2D eigenvalue weighted by Crippen LogP contribution is 2.11. The number of aldehydes is 1. The van der Waals surface area contributed by atoms with Crippen molar-refractivity contribution in [3.63, 3.8) is 0 Å². The van der Waals surface area contributed by atoms with E-state index >= 15 is 0 Å². The molecule has 1 aromatic rings. The Morgan fingerprint density at radius 2 is 1.84 bits per heavy atom. The second-order valence-electron chi connectivity index (χ2n) is 4.09. The maximum absolute atomic E-state index is 11.7. The van der Waals surface area contributed by atoms with E-state index in [1.807, 2.05) is 0 Å². The van der Waals surface area contributed by atoms with Gasteiger partial charge in [0.1, 0.15) is 12.8 Å². The van der Waals surface area contributed by atoms with E-state index in [1.54, 1.807) is 0 Å². The van der Waals surface area contributed by atoms with Crippen molar-refractivity contribution in [2.75, 3.05) is 6.54 Å². The number of carbonyl (C=O) groups excluding carboxylic acids is 4. The van der Waals surface area contributed by atoms with Gasteiger partial charge in [0.05, 0.1) is 5.56 Å². The van der Waals surface area contributed by atoms with Gasteiger partial charge < -0.3 is 4.84 Å². The number of benzene rings is 1. The number of nitrogens with zero attached hydrogens (tertiary/aromatic N) is 1. The Labute approximate surface area is 108 Å². The Kier molecular flexibility index (Phi) is 3.70. The second-order valence-corrected chi connectivity index (χ2v) is 4.09. The number of hydroxylamine groups is 2. The molecule has 0 N–H and O–H groups in total. The highest BCUT2D eigenvalue weighted by molar-refractivity contribution is 5.95. The molecule has 0 aromatic heterocycles. The average Bonchev–Trinajstić information content (AvgIpc) is 2.43. The van der Waals surface area contributed by atoms with Gasteiger partial charge in [-0.25, -0.2) is 4.79 Å². The summed E-state index contributed by atoms with van der Waals surface area (Å²) in [5, 5.41) is 0.780. The quantitative estimate of drug-likeness (QED) is 0.750. The topological polar surface area (TPSA) is 80.8 Å². The third-order valence-electron chi connectivity index (χ3n) is 2.69. The second kappa shape index (κ2) is 5.43. The number of carbonyl (C=O) groups is 4. The number of hydrogen-bond donors (Lipinski definition) is 0. The van der Waals surface area contributed by atoms with Gasteiger partial charge >= 0.3 is 5.97 Å². The van der Waals surface area contributed by atoms with Crippen molar-refractivity contribution < 1.29 is 24.0 Å². The van der Waals surface area contributed by atoms with E-state index in [0.717, 1.165) is 5.06 Å². The van der Waals surface area contributed by atoms with Crippen LogP contribution in [0, 0.1) is 0 Å². The minimum atomic E-state index is -0.736. The van der Waals surface area contributed by atoms with Gasteiger partial charge in [-0.2, -0.15) is 5.06 Å². The Balaban J connectivity index is 2.05.